The molecule has 1 aromatic heterocycles. The van der Waals surface area contributed by atoms with Gasteiger partial charge in [0.25, 0.3) is 0 Å². The quantitative estimate of drug-likeness (QED) is 0.822. The number of nitrogens with one attached hydrogen (secondary N) is 1. The monoisotopic (exact) mass is 239 g/mol. The van der Waals surface area contributed by atoms with Gasteiger partial charge in [0.1, 0.15) is 16.8 Å². The second kappa shape index (κ2) is 5.00. The van der Waals surface area contributed by atoms with Crippen LogP contribution in [0, 0.1) is 12.8 Å². The van der Waals surface area contributed by atoms with Crippen LogP contribution in [0.3, 0.4) is 0 Å². The first-order valence-corrected chi connectivity index (χ1v) is 6.30. The fourth-order valence-corrected chi connectivity index (χ4v) is 2.64. The maximum atomic E-state index is 5.90. The van der Waals surface area contributed by atoms with Gasteiger partial charge in [0.2, 0.25) is 0 Å². The van der Waals surface area contributed by atoms with E-state index in [9.17, 15) is 0 Å². The Balaban J connectivity index is 2.02. The van der Waals surface area contributed by atoms with E-state index in [2.05, 4.69) is 22.2 Å². The van der Waals surface area contributed by atoms with Gasteiger partial charge >= 0.3 is 0 Å². The smallest absolute Gasteiger partial charge is 0.134 e. The van der Waals surface area contributed by atoms with Crippen LogP contribution < -0.4 is 5.32 Å². The summed E-state index contributed by atoms with van der Waals surface area (Å²) in [7, 11) is 0. The lowest BCUT2D eigenvalue weighted by molar-refractivity contribution is 0.481. The molecule has 4 heteroatoms. The van der Waals surface area contributed by atoms with E-state index in [0.717, 1.165) is 11.7 Å². The lowest BCUT2D eigenvalue weighted by Crippen LogP contribution is -2.24. The Morgan fingerprint density at radius 1 is 1.38 bits per heavy atom. The van der Waals surface area contributed by atoms with Crippen LogP contribution in [-0.4, -0.2) is 16.0 Å². The number of nitrogens with zero attached hydrogens (tertiary/aromatic N) is 2. The van der Waals surface area contributed by atoms with Gasteiger partial charge in [0.15, 0.2) is 0 Å². The highest BCUT2D eigenvalue weighted by Crippen LogP contribution is 2.29. The molecule has 0 amide bonds. The van der Waals surface area contributed by atoms with Crippen molar-refractivity contribution in [2.24, 2.45) is 5.92 Å². The number of anilines is 1. The van der Waals surface area contributed by atoms with Crippen molar-refractivity contribution in [2.75, 3.05) is 5.32 Å². The largest absolute Gasteiger partial charge is 0.367 e. The van der Waals surface area contributed by atoms with E-state index in [0.29, 0.717) is 17.0 Å². The average molecular weight is 240 g/mol. The van der Waals surface area contributed by atoms with Gasteiger partial charge in [-0.2, -0.15) is 0 Å². The first-order chi connectivity index (χ1) is 7.65. The molecule has 3 nitrogen and oxygen atoms in total. The summed E-state index contributed by atoms with van der Waals surface area (Å²) < 4.78 is 0. The highest BCUT2D eigenvalue weighted by atomic mass is 35.5. The van der Waals surface area contributed by atoms with E-state index in [4.69, 9.17) is 11.6 Å². The van der Waals surface area contributed by atoms with Gasteiger partial charge in [-0.25, -0.2) is 9.97 Å². The lowest BCUT2D eigenvalue weighted by Gasteiger charge is -2.21. The minimum Gasteiger partial charge on any atom is -0.367 e. The molecule has 0 radical (unpaired) electrons. The van der Waals surface area contributed by atoms with Gasteiger partial charge in [-0.05, 0) is 32.6 Å². The Kier molecular flexibility index (Phi) is 3.64. The van der Waals surface area contributed by atoms with Crippen molar-refractivity contribution in [1.82, 2.24) is 9.97 Å². The standard InChI is InChI=1S/C12H18ClN3/c1-8(10-5-3-4-6-10)14-12-7-11(13)15-9(2)16-12/h7-8,10H,3-6H2,1-2H3,(H,14,15,16). The molecule has 1 heterocycles. The van der Waals surface area contributed by atoms with E-state index in [1.165, 1.54) is 25.7 Å². The SMILES string of the molecule is Cc1nc(Cl)cc(NC(C)C2CCCC2)n1. The van der Waals surface area contributed by atoms with E-state index in [-0.39, 0.29) is 0 Å². The fraction of sp³-hybridized carbons (Fsp3) is 0.667. The van der Waals surface area contributed by atoms with E-state index in [1.54, 1.807) is 6.07 Å². The van der Waals surface area contributed by atoms with Gasteiger partial charge < -0.3 is 5.32 Å². The topological polar surface area (TPSA) is 37.8 Å². The van der Waals surface area contributed by atoms with Crippen molar-refractivity contribution in [2.45, 2.75) is 45.6 Å². The van der Waals surface area contributed by atoms with Crippen LogP contribution in [0.1, 0.15) is 38.4 Å². The molecule has 1 aromatic rings. The van der Waals surface area contributed by atoms with Crippen LogP contribution in [0.15, 0.2) is 6.07 Å². The van der Waals surface area contributed by atoms with E-state index < -0.39 is 0 Å². The summed E-state index contributed by atoms with van der Waals surface area (Å²) in [4.78, 5) is 8.39. The van der Waals surface area contributed by atoms with Gasteiger partial charge in [-0.15, -0.1) is 0 Å². The molecule has 0 bridgehead atoms. The summed E-state index contributed by atoms with van der Waals surface area (Å²) >= 11 is 5.90. The predicted octanol–water partition coefficient (Wildman–Crippen LogP) is 3.43. The molecule has 2 rings (SSSR count). The zero-order chi connectivity index (χ0) is 11.5. The molecule has 88 valence electrons. The average Bonchev–Trinajstić information content (AvgIpc) is 2.68. The minimum atomic E-state index is 0.466. The Morgan fingerprint density at radius 3 is 2.69 bits per heavy atom. The van der Waals surface area contributed by atoms with E-state index in [1.807, 2.05) is 6.92 Å². The Hall–Kier alpha value is -0.830. The molecule has 1 atom stereocenters. The third-order valence-electron chi connectivity index (χ3n) is 3.29. The first-order valence-electron chi connectivity index (χ1n) is 5.93. The van der Waals surface area contributed by atoms with Gasteiger partial charge in [0.05, 0.1) is 0 Å². The minimum absolute atomic E-state index is 0.466. The molecule has 1 aliphatic rings. The van der Waals surface area contributed by atoms with Crippen LogP contribution >= 0.6 is 11.6 Å². The molecule has 1 saturated carbocycles. The predicted molar refractivity (Wildman–Crippen MR) is 66.8 cm³/mol. The second-order valence-corrected chi connectivity index (χ2v) is 4.99. The van der Waals surface area contributed by atoms with Crippen molar-refractivity contribution in [3.63, 3.8) is 0 Å². The zero-order valence-electron chi connectivity index (χ0n) is 9.83. The van der Waals surface area contributed by atoms with Crippen molar-refractivity contribution in [3.05, 3.63) is 17.0 Å². The second-order valence-electron chi connectivity index (χ2n) is 4.60. The summed E-state index contributed by atoms with van der Waals surface area (Å²) in [6.45, 7) is 4.08. The highest BCUT2D eigenvalue weighted by molar-refractivity contribution is 6.29. The van der Waals surface area contributed by atoms with Crippen molar-refractivity contribution in [1.29, 1.82) is 0 Å². The Bertz CT molecular complexity index is 341. The molecule has 16 heavy (non-hydrogen) atoms. The summed E-state index contributed by atoms with van der Waals surface area (Å²) in [6.07, 6.45) is 5.37. The maximum Gasteiger partial charge on any atom is 0.134 e. The third-order valence-corrected chi connectivity index (χ3v) is 3.48. The molecule has 1 aliphatic carbocycles. The molecule has 0 saturated heterocycles. The van der Waals surface area contributed by atoms with Gasteiger partial charge in [-0.3, -0.25) is 0 Å². The number of hydrogen-bond donors (Lipinski definition) is 1. The van der Waals surface area contributed by atoms with Gasteiger partial charge in [0, 0.05) is 12.1 Å². The first kappa shape index (κ1) is 11.6. The lowest BCUT2D eigenvalue weighted by atomic mass is 10.00. The van der Waals surface area contributed by atoms with Gasteiger partial charge in [-0.1, -0.05) is 24.4 Å². The fourth-order valence-electron chi connectivity index (χ4n) is 2.41. The van der Waals surface area contributed by atoms with Crippen molar-refractivity contribution >= 4 is 17.4 Å². The molecule has 1 fully saturated rings. The van der Waals surface area contributed by atoms with Crippen LogP contribution in [0.4, 0.5) is 5.82 Å². The molecular formula is C12H18ClN3. The number of aryl methyl sites for hydroxylation is 1. The normalized spacial score (nSPS) is 18.7. The number of aromatic nitrogens is 2. The molecule has 0 aliphatic heterocycles. The van der Waals surface area contributed by atoms with Crippen molar-refractivity contribution < 1.29 is 0 Å². The van der Waals surface area contributed by atoms with E-state index >= 15 is 0 Å². The summed E-state index contributed by atoms with van der Waals surface area (Å²) in [6, 6.07) is 2.26. The Labute approximate surface area is 102 Å². The van der Waals surface area contributed by atoms with Crippen molar-refractivity contribution in [3.8, 4) is 0 Å². The zero-order valence-corrected chi connectivity index (χ0v) is 10.6. The number of hydrogen-bond acceptors (Lipinski definition) is 3. The molecular weight excluding hydrogens is 222 g/mol. The summed E-state index contributed by atoms with van der Waals surface area (Å²) in [5.74, 6) is 2.33. The van der Waals surface area contributed by atoms with Crippen LogP contribution in [-0.2, 0) is 0 Å². The highest BCUT2D eigenvalue weighted by Gasteiger charge is 2.21. The number of halogens is 1. The summed E-state index contributed by atoms with van der Waals surface area (Å²) in [5, 5.41) is 3.94. The molecule has 0 aromatic carbocycles. The molecule has 0 spiro atoms. The number of rotatable bonds is 3. The third kappa shape index (κ3) is 2.85. The van der Waals surface area contributed by atoms with Crippen LogP contribution in [0.5, 0.6) is 0 Å². The Morgan fingerprint density at radius 2 is 2.06 bits per heavy atom. The summed E-state index contributed by atoms with van der Waals surface area (Å²) in [5.41, 5.74) is 0. The molecule has 1 N–H and O–H groups in total. The maximum absolute atomic E-state index is 5.90. The molecule has 1 unspecified atom stereocenters. The van der Waals surface area contributed by atoms with Crippen LogP contribution in [0.2, 0.25) is 5.15 Å². The van der Waals surface area contributed by atoms with Crippen LogP contribution in [0.25, 0.3) is 0 Å².